The zero-order valence-corrected chi connectivity index (χ0v) is 9.80. The van der Waals surface area contributed by atoms with Crippen molar-refractivity contribution >= 4 is 35.3 Å². The van der Waals surface area contributed by atoms with E-state index in [-0.39, 0.29) is 22.3 Å². The topological polar surface area (TPSA) is 78.1 Å². The maximum absolute atomic E-state index is 11.1. The van der Waals surface area contributed by atoms with Crippen LogP contribution in [0, 0.1) is 0 Å². The fraction of sp³-hybridized carbons (Fsp3) is 0.375. The number of hydrogen-bond donors (Lipinski definition) is 1. The van der Waals surface area contributed by atoms with E-state index in [1.165, 1.54) is 18.9 Å². The van der Waals surface area contributed by atoms with Crippen molar-refractivity contribution in [3.63, 3.8) is 0 Å². The lowest BCUT2D eigenvalue weighted by molar-refractivity contribution is -0.139. The molecule has 0 fully saturated rings. The highest BCUT2D eigenvalue weighted by Gasteiger charge is 2.15. The van der Waals surface area contributed by atoms with Gasteiger partial charge in [-0.1, -0.05) is 23.4 Å². The van der Waals surface area contributed by atoms with Gasteiger partial charge in [-0.2, -0.15) is 0 Å². The van der Waals surface area contributed by atoms with Gasteiger partial charge in [-0.3, -0.25) is 4.79 Å². The molecule has 0 aromatic carbocycles. The molecule has 5 nitrogen and oxygen atoms in total. The van der Waals surface area contributed by atoms with Gasteiger partial charge in [0.2, 0.25) is 5.95 Å². The first-order valence-electron chi connectivity index (χ1n) is 4.07. The van der Waals surface area contributed by atoms with Gasteiger partial charge in [0.1, 0.15) is 15.4 Å². The van der Waals surface area contributed by atoms with Crippen LogP contribution in [0.15, 0.2) is 11.1 Å². The number of methoxy groups -OCH3 is 1. The molecule has 7 heteroatoms. The molecule has 1 heterocycles. The van der Waals surface area contributed by atoms with Crippen LogP contribution < -0.4 is 5.73 Å². The summed E-state index contributed by atoms with van der Waals surface area (Å²) in [5.41, 5.74) is 5.41. The number of thioether (sulfide) groups is 1. The standard InChI is InChI=1S/C8H10ClN3O2S/c1-4(7(13)14-2)15-6-3-5(9)11-8(10)12-6/h3-4H,1-2H3,(H2,10,11,12)/t4-/m1/s1. The van der Waals surface area contributed by atoms with E-state index in [2.05, 4.69) is 14.7 Å². The molecule has 1 rings (SSSR count). The van der Waals surface area contributed by atoms with Crippen LogP contribution in [0.5, 0.6) is 0 Å². The molecular weight excluding hydrogens is 238 g/mol. The first-order valence-corrected chi connectivity index (χ1v) is 5.33. The summed E-state index contributed by atoms with van der Waals surface area (Å²) in [5, 5.41) is 0.438. The van der Waals surface area contributed by atoms with Crippen molar-refractivity contribution in [1.82, 2.24) is 9.97 Å². The van der Waals surface area contributed by atoms with Gasteiger partial charge in [-0.25, -0.2) is 9.97 Å². The van der Waals surface area contributed by atoms with Crippen LogP contribution in [0.2, 0.25) is 5.15 Å². The third-order valence-corrected chi connectivity index (χ3v) is 2.71. The molecule has 0 aliphatic carbocycles. The number of carbonyl (C=O) groups excluding carboxylic acids is 1. The van der Waals surface area contributed by atoms with Crippen LogP contribution in [0.1, 0.15) is 6.92 Å². The minimum atomic E-state index is -0.361. The average molecular weight is 248 g/mol. The number of carbonyl (C=O) groups is 1. The molecule has 82 valence electrons. The van der Waals surface area contributed by atoms with E-state index < -0.39 is 0 Å². The maximum atomic E-state index is 11.1. The van der Waals surface area contributed by atoms with E-state index in [1.54, 1.807) is 13.0 Å². The molecule has 15 heavy (non-hydrogen) atoms. The predicted molar refractivity (Wildman–Crippen MR) is 58.8 cm³/mol. The predicted octanol–water partition coefficient (Wildman–Crippen LogP) is 1.37. The lowest BCUT2D eigenvalue weighted by Crippen LogP contribution is -2.14. The van der Waals surface area contributed by atoms with Crippen molar-refractivity contribution in [1.29, 1.82) is 0 Å². The molecule has 0 saturated carbocycles. The van der Waals surface area contributed by atoms with Crippen molar-refractivity contribution in [3.05, 3.63) is 11.2 Å². The Morgan fingerprint density at radius 1 is 1.67 bits per heavy atom. The first-order chi connectivity index (χ1) is 7.02. The van der Waals surface area contributed by atoms with Gasteiger partial charge in [0.15, 0.2) is 0 Å². The first kappa shape index (κ1) is 12.1. The highest BCUT2D eigenvalue weighted by molar-refractivity contribution is 8.00. The second-order valence-corrected chi connectivity index (χ2v) is 4.42. The molecule has 1 atom stereocenters. The number of ether oxygens (including phenoxy) is 1. The normalized spacial score (nSPS) is 12.2. The van der Waals surface area contributed by atoms with Gasteiger partial charge < -0.3 is 10.5 Å². The number of hydrogen-bond acceptors (Lipinski definition) is 6. The minimum Gasteiger partial charge on any atom is -0.468 e. The number of nitrogen functional groups attached to an aromatic ring is 1. The molecule has 1 aromatic heterocycles. The molecule has 1 aromatic rings. The average Bonchev–Trinajstić information content (AvgIpc) is 2.14. The van der Waals surface area contributed by atoms with E-state index >= 15 is 0 Å². The van der Waals surface area contributed by atoms with Crippen molar-refractivity contribution in [2.75, 3.05) is 12.8 Å². The summed E-state index contributed by atoms with van der Waals surface area (Å²) in [6, 6.07) is 1.54. The summed E-state index contributed by atoms with van der Waals surface area (Å²) in [6.07, 6.45) is 0. The van der Waals surface area contributed by atoms with E-state index in [0.29, 0.717) is 5.03 Å². The molecule has 0 saturated heterocycles. The molecule has 0 amide bonds. The Hall–Kier alpha value is -1.01. The van der Waals surface area contributed by atoms with E-state index in [9.17, 15) is 4.79 Å². The molecule has 2 N–H and O–H groups in total. The molecular formula is C8H10ClN3O2S. The number of nitrogens with zero attached hydrogens (tertiary/aromatic N) is 2. The molecule has 0 spiro atoms. The molecule has 0 radical (unpaired) electrons. The summed E-state index contributed by atoms with van der Waals surface area (Å²) >= 11 is 6.90. The van der Waals surface area contributed by atoms with E-state index in [0.717, 1.165) is 0 Å². The van der Waals surface area contributed by atoms with Gasteiger partial charge in [-0.15, -0.1) is 0 Å². The number of anilines is 1. The van der Waals surface area contributed by atoms with Crippen LogP contribution in [0.25, 0.3) is 0 Å². The molecule has 0 unspecified atom stereocenters. The molecule has 0 aliphatic heterocycles. The summed E-state index contributed by atoms with van der Waals surface area (Å²) in [5.74, 6) is -0.240. The fourth-order valence-electron chi connectivity index (χ4n) is 0.869. The fourth-order valence-corrected chi connectivity index (χ4v) is 2.00. The zero-order chi connectivity index (χ0) is 11.4. The summed E-state index contributed by atoms with van der Waals surface area (Å²) in [6.45, 7) is 1.71. The maximum Gasteiger partial charge on any atom is 0.318 e. The Morgan fingerprint density at radius 2 is 2.33 bits per heavy atom. The molecule has 0 bridgehead atoms. The van der Waals surface area contributed by atoms with Crippen molar-refractivity contribution in [2.45, 2.75) is 17.2 Å². The number of rotatable bonds is 3. The van der Waals surface area contributed by atoms with E-state index in [1.807, 2.05) is 0 Å². The highest BCUT2D eigenvalue weighted by Crippen LogP contribution is 2.24. The Bertz CT molecular complexity index is 355. The zero-order valence-electron chi connectivity index (χ0n) is 8.23. The Labute approximate surface area is 96.4 Å². The van der Waals surface area contributed by atoms with Gasteiger partial charge in [0.25, 0.3) is 0 Å². The van der Waals surface area contributed by atoms with E-state index in [4.69, 9.17) is 17.3 Å². The number of aromatic nitrogens is 2. The largest absolute Gasteiger partial charge is 0.468 e. The SMILES string of the molecule is COC(=O)[C@@H](C)Sc1cc(Cl)nc(N)n1. The summed E-state index contributed by atoms with van der Waals surface area (Å²) in [4.78, 5) is 18.8. The van der Waals surface area contributed by atoms with Crippen molar-refractivity contribution in [3.8, 4) is 0 Å². The highest BCUT2D eigenvalue weighted by atomic mass is 35.5. The van der Waals surface area contributed by atoms with Gasteiger partial charge in [0.05, 0.1) is 7.11 Å². The number of halogens is 1. The van der Waals surface area contributed by atoms with Crippen molar-refractivity contribution < 1.29 is 9.53 Å². The third-order valence-electron chi connectivity index (χ3n) is 1.52. The van der Waals surface area contributed by atoms with Crippen LogP contribution in [0.4, 0.5) is 5.95 Å². The third kappa shape index (κ3) is 3.56. The van der Waals surface area contributed by atoms with Crippen LogP contribution in [0.3, 0.4) is 0 Å². The second kappa shape index (κ2) is 5.18. The smallest absolute Gasteiger partial charge is 0.318 e. The van der Waals surface area contributed by atoms with Crippen molar-refractivity contribution in [2.24, 2.45) is 0 Å². The van der Waals surface area contributed by atoms with Gasteiger partial charge in [-0.05, 0) is 6.92 Å². The monoisotopic (exact) mass is 247 g/mol. The number of nitrogens with two attached hydrogens (primary N) is 1. The van der Waals surface area contributed by atoms with Crippen LogP contribution >= 0.6 is 23.4 Å². The lowest BCUT2D eigenvalue weighted by Gasteiger charge is -2.08. The molecule has 0 aliphatic rings. The minimum absolute atomic E-state index is 0.0852. The van der Waals surface area contributed by atoms with Crippen LogP contribution in [-0.2, 0) is 9.53 Å². The quantitative estimate of drug-likeness (QED) is 0.494. The Balaban J connectivity index is 2.76. The second-order valence-electron chi connectivity index (χ2n) is 2.67. The van der Waals surface area contributed by atoms with Crippen LogP contribution in [-0.4, -0.2) is 28.3 Å². The summed E-state index contributed by atoms with van der Waals surface area (Å²) < 4.78 is 4.58. The van der Waals surface area contributed by atoms with Gasteiger partial charge in [0, 0.05) is 6.07 Å². The summed E-state index contributed by atoms with van der Waals surface area (Å²) in [7, 11) is 1.33. The lowest BCUT2D eigenvalue weighted by atomic mass is 10.5. The number of esters is 1. The Morgan fingerprint density at radius 3 is 2.87 bits per heavy atom. The van der Waals surface area contributed by atoms with Gasteiger partial charge >= 0.3 is 5.97 Å². The Kier molecular flexibility index (Phi) is 4.16.